The number of nitrogens with one attached hydrogen (secondary N) is 1. The number of nitrogens with zero attached hydrogens (tertiary/aromatic N) is 1. The van der Waals surface area contributed by atoms with Gasteiger partial charge in [0.2, 0.25) is 0 Å². The first kappa shape index (κ1) is 18.4. The summed E-state index contributed by atoms with van der Waals surface area (Å²) in [4.78, 5) is 16.8. The maximum Gasteiger partial charge on any atom is 0.275 e. The number of hydrogen-bond donors (Lipinski definition) is 1. The molecule has 1 amide bonds. The molecule has 0 radical (unpaired) electrons. The van der Waals surface area contributed by atoms with Gasteiger partial charge in [0.05, 0.1) is 11.6 Å². The van der Waals surface area contributed by atoms with E-state index in [0.29, 0.717) is 22.3 Å². The van der Waals surface area contributed by atoms with E-state index in [0.717, 1.165) is 29.0 Å². The summed E-state index contributed by atoms with van der Waals surface area (Å²) in [5, 5.41) is 5.84. The van der Waals surface area contributed by atoms with Gasteiger partial charge in [-0.25, -0.2) is 4.98 Å². The summed E-state index contributed by atoms with van der Waals surface area (Å²) in [5.74, 6) is 0.491. The first-order valence-corrected chi connectivity index (χ1v) is 9.59. The van der Waals surface area contributed by atoms with E-state index in [9.17, 15) is 4.79 Å². The standard InChI is InChI=1S/C20H19ClN2O2S/c1-3-10-25-15-8-9-16(17(21)11-15)20-23-18(12-26-20)19(24)22-14-6-4-13(2)5-7-14/h4-9,11-12H,3,10H2,1-2H3,(H,22,24). The van der Waals surface area contributed by atoms with E-state index in [1.54, 1.807) is 11.4 Å². The third-order valence-electron chi connectivity index (χ3n) is 3.69. The van der Waals surface area contributed by atoms with Gasteiger partial charge in [-0.1, -0.05) is 36.2 Å². The second-order valence-corrected chi connectivity index (χ2v) is 7.11. The van der Waals surface area contributed by atoms with Crippen LogP contribution >= 0.6 is 22.9 Å². The zero-order chi connectivity index (χ0) is 18.5. The molecule has 4 nitrogen and oxygen atoms in total. The molecule has 0 spiro atoms. The Labute approximate surface area is 161 Å². The van der Waals surface area contributed by atoms with Gasteiger partial charge in [0.25, 0.3) is 5.91 Å². The fourth-order valence-corrected chi connectivity index (χ4v) is 3.47. The number of thiazole rings is 1. The maximum atomic E-state index is 12.4. The number of rotatable bonds is 6. The van der Waals surface area contributed by atoms with Crippen molar-refractivity contribution in [3.05, 3.63) is 64.1 Å². The lowest BCUT2D eigenvalue weighted by Crippen LogP contribution is -2.12. The van der Waals surface area contributed by atoms with Crippen molar-refractivity contribution in [1.29, 1.82) is 0 Å². The summed E-state index contributed by atoms with van der Waals surface area (Å²) in [6.07, 6.45) is 0.936. The quantitative estimate of drug-likeness (QED) is 0.581. The first-order valence-electron chi connectivity index (χ1n) is 8.33. The van der Waals surface area contributed by atoms with E-state index in [1.807, 2.05) is 43.3 Å². The molecule has 0 atom stereocenters. The van der Waals surface area contributed by atoms with E-state index >= 15 is 0 Å². The van der Waals surface area contributed by atoms with Gasteiger partial charge in [0.1, 0.15) is 16.5 Å². The molecule has 134 valence electrons. The molecular weight excluding hydrogens is 368 g/mol. The lowest BCUT2D eigenvalue weighted by atomic mass is 10.2. The van der Waals surface area contributed by atoms with E-state index in [1.165, 1.54) is 11.3 Å². The molecule has 3 rings (SSSR count). The van der Waals surface area contributed by atoms with Gasteiger partial charge in [0, 0.05) is 16.6 Å². The van der Waals surface area contributed by atoms with Crippen molar-refractivity contribution in [3.63, 3.8) is 0 Å². The Kier molecular flexibility index (Phi) is 5.91. The Morgan fingerprint density at radius 2 is 2.00 bits per heavy atom. The van der Waals surface area contributed by atoms with Gasteiger partial charge < -0.3 is 10.1 Å². The maximum absolute atomic E-state index is 12.4. The monoisotopic (exact) mass is 386 g/mol. The number of carbonyl (C=O) groups is 1. The van der Waals surface area contributed by atoms with Crippen molar-refractivity contribution in [2.45, 2.75) is 20.3 Å². The Bertz CT molecular complexity index is 906. The number of ether oxygens (including phenoxy) is 1. The molecule has 2 aromatic carbocycles. The normalized spacial score (nSPS) is 10.6. The van der Waals surface area contributed by atoms with E-state index in [4.69, 9.17) is 16.3 Å². The topological polar surface area (TPSA) is 51.2 Å². The van der Waals surface area contributed by atoms with Gasteiger partial charge in [-0.15, -0.1) is 11.3 Å². The zero-order valence-corrected chi connectivity index (χ0v) is 16.2. The van der Waals surface area contributed by atoms with Crippen LogP contribution in [0.2, 0.25) is 5.02 Å². The molecule has 0 aliphatic carbocycles. The minimum atomic E-state index is -0.240. The van der Waals surface area contributed by atoms with Crippen molar-refractivity contribution in [2.24, 2.45) is 0 Å². The number of carbonyl (C=O) groups excluding carboxylic acids is 1. The number of hydrogen-bond acceptors (Lipinski definition) is 4. The summed E-state index contributed by atoms with van der Waals surface area (Å²) >= 11 is 7.75. The lowest BCUT2D eigenvalue weighted by Gasteiger charge is -2.07. The van der Waals surface area contributed by atoms with Crippen LogP contribution in [0.15, 0.2) is 47.8 Å². The summed E-state index contributed by atoms with van der Waals surface area (Å²) in [5.41, 5.74) is 3.04. The predicted octanol–water partition coefficient (Wildman–Crippen LogP) is 5.81. The van der Waals surface area contributed by atoms with Gasteiger partial charge in [0.15, 0.2) is 0 Å². The highest BCUT2D eigenvalue weighted by atomic mass is 35.5. The molecule has 0 unspecified atom stereocenters. The Morgan fingerprint density at radius 1 is 1.23 bits per heavy atom. The molecule has 1 aromatic heterocycles. The number of aromatic nitrogens is 1. The van der Waals surface area contributed by atoms with Crippen molar-refractivity contribution in [1.82, 2.24) is 4.98 Å². The van der Waals surface area contributed by atoms with Crippen LogP contribution in [0.3, 0.4) is 0 Å². The van der Waals surface area contributed by atoms with Gasteiger partial charge >= 0.3 is 0 Å². The molecule has 3 aromatic rings. The highest BCUT2D eigenvalue weighted by molar-refractivity contribution is 7.13. The predicted molar refractivity (Wildman–Crippen MR) is 107 cm³/mol. The second-order valence-electron chi connectivity index (χ2n) is 5.85. The van der Waals surface area contributed by atoms with Crippen molar-refractivity contribution >= 4 is 34.5 Å². The molecule has 0 bridgehead atoms. The molecule has 1 heterocycles. The van der Waals surface area contributed by atoms with Crippen LogP contribution in [-0.4, -0.2) is 17.5 Å². The Hall–Kier alpha value is -2.37. The van der Waals surface area contributed by atoms with Crippen LogP contribution in [0.5, 0.6) is 5.75 Å². The highest BCUT2D eigenvalue weighted by Gasteiger charge is 2.14. The van der Waals surface area contributed by atoms with Crippen LogP contribution in [0.25, 0.3) is 10.6 Å². The average molecular weight is 387 g/mol. The molecule has 0 aliphatic rings. The number of benzene rings is 2. The molecule has 0 fully saturated rings. The van der Waals surface area contributed by atoms with Crippen LogP contribution in [0.1, 0.15) is 29.4 Å². The summed E-state index contributed by atoms with van der Waals surface area (Å²) in [6, 6.07) is 13.1. The fourth-order valence-electron chi connectivity index (χ4n) is 2.31. The van der Waals surface area contributed by atoms with Gasteiger partial charge in [-0.2, -0.15) is 0 Å². The first-order chi connectivity index (χ1) is 12.6. The minimum Gasteiger partial charge on any atom is -0.494 e. The third kappa shape index (κ3) is 4.42. The van der Waals surface area contributed by atoms with Crippen LogP contribution in [-0.2, 0) is 0 Å². The van der Waals surface area contributed by atoms with Crippen molar-refractivity contribution in [3.8, 4) is 16.3 Å². The number of halogens is 1. The summed E-state index contributed by atoms with van der Waals surface area (Å²) in [6.45, 7) is 4.70. The molecule has 1 N–H and O–H groups in total. The largest absolute Gasteiger partial charge is 0.494 e. The minimum absolute atomic E-state index is 0.240. The molecule has 0 saturated carbocycles. The zero-order valence-electron chi connectivity index (χ0n) is 14.6. The fraction of sp³-hybridized carbons (Fsp3) is 0.200. The Morgan fingerprint density at radius 3 is 2.69 bits per heavy atom. The van der Waals surface area contributed by atoms with Crippen molar-refractivity contribution in [2.75, 3.05) is 11.9 Å². The molecule has 26 heavy (non-hydrogen) atoms. The molecule has 6 heteroatoms. The summed E-state index contributed by atoms with van der Waals surface area (Å²) < 4.78 is 5.58. The number of amides is 1. The van der Waals surface area contributed by atoms with Gasteiger partial charge in [-0.05, 0) is 43.7 Å². The third-order valence-corrected chi connectivity index (χ3v) is 4.88. The highest BCUT2D eigenvalue weighted by Crippen LogP contribution is 2.33. The number of aryl methyl sites for hydroxylation is 1. The van der Waals surface area contributed by atoms with E-state index < -0.39 is 0 Å². The Balaban J connectivity index is 1.74. The number of anilines is 1. The molecule has 0 aliphatic heterocycles. The van der Waals surface area contributed by atoms with Gasteiger partial charge in [-0.3, -0.25) is 4.79 Å². The molecular formula is C20H19ClN2O2S. The van der Waals surface area contributed by atoms with E-state index in [2.05, 4.69) is 17.2 Å². The average Bonchev–Trinajstić information content (AvgIpc) is 3.12. The van der Waals surface area contributed by atoms with Crippen LogP contribution in [0.4, 0.5) is 5.69 Å². The summed E-state index contributed by atoms with van der Waals surface area (Å²) in [7, 11) is 0. The smallest absolute Gasteiger partial charge is 0.275 e. The SMILES string of the molecule is CCCOc1ccc(-c2nc(C(=O)Nc3ccc(C)cc3)cs2)c(Cl)c1. The van der Waals surface area contributed by atoms with Crippen LogP contribution < -0.4 is 10.1 Å². The second kappa shape index (κ2) is 8.34. The van der Waals surface area contributed by atoms with Crippen LogP contribution in [0, 0.1) is 6.92 Å². The molecule has 0 saturated heterocycles. The lowest BCUT2D eigenvalue weighted by molar-refractivity contribution is 0.102. The van der Waals surface area contributed by atoms with E-state index in [-0.39, 0.29) is 5.91 Å². The van der Waals surface area contributed by atoms with Crippen molar-refractivity contribution < 1.29 is 9.53 Å².